The van der Waals surface area contributed by atoms with Gasteiger partial charge in [-0.05, 0) is 39.5 Å². The average Bonchev–Trinajstić information content (AvgIpc) is 3.06. The van der Waals surface area contributed by atoms with Crippen LogP contribution in [0, 0.1) is 12.8 Å². The zero-order chi connectivity index (χ0) is 15.0. The monoisotopic (exact) mass is 292 g/mol. The number of hydrogen-bond acceptors (Lipinski definition) is 4. The Morgan fingerprint density at radius 2 is 2.14 bits per heavy atom. The van der Waals surface area contributed by atoms with Gasteiger partial charge in [-0.3, -0.25) is 4.79 Å². The molecule has 116 valence electrons. The molecule has 1 aliphatic carbocycles. The molecule has 21 heavy (non-hydrogen) atoms. The van der Waals surface area contributed by atoms with E-state index in [-0.39, 0.29) is 17.9 Å². The molecule has 1 aromatic rings. The summed E-state index contributed by atoms with van der Waals surface area (Å²) >= 11 is 0. The number of aromatic nitrogens is 3. The molecule has 2 heterocycles. The van der Waals surface area contributed by atoms with Gasteiger partial charge in [0.2, 0.25) is 0 Å². The van der Waals surface area contributed by atoms with Crippen molar-refractivity contribution in [1.29, 1.82) is 0 Å². The van der Waals surface area contributed by atoms with Crippen molar-refractivity contribution in [3.63, 3.8) is 0 Å². The van der Waals surface area contributed by atoms with Gasteiger partial charge in [-0.25, -0.2) is 0 Å². The van der Waals surface area contributed by atoms with Gasteiger partial charge < -0.3 is 10.0 Å². The molecule has 6 nitrogen and oxygen atoms in total. The van der Waals surface area contributed by atoms with E-state index in [1.807, 2.05) is 11.8 Å². The molecule has 3 rings (SSSR count). The van der Waals surface area contributed by atoms with Crippen LogP contribution in [0.1, 0.15) is 61.6 Å². The molecule has 1 amide bonds. The summed E-state index contributed by atoms with van der Waals surface area (Å²) < 4.78 is 0. The molecule has 0 radical (unpaired) electrons. The van der Waals surface area contributed by atoms with Crippen LogP contribution in [0.5, 0.6) is 0 Å². The lowest BCUT2D eigenvalue weighted by Crippen LogP contribution is -2.50. The summed E-state index contributed by atoms with van der Waals surface area (Å²) in [4.78, 5) is 14.6. The van der Waals surface area contributed by atoms with Gasteiger partial charge in [0.05, 0.1) is 11.3 Å². The minimum atomic E-state index is -0.662. The number of rotatable bonds is 2. The van der Waals surface area contributed by atoms with Crippen molar-refractivity contribution in [2.75, 3.05) is 6.54 Å². The van der Waals surface area contributed by atoms with Crippen molar-refractivity contribution < 1.29 is 9.90 Å². The molecule has 0 aromatic carbocycles. The number of hydrogen-bond donors (Lipinski definition) is 2. The first-order valence-corrected chi connectivity index (χ1v) is 7.91. The summed E-state index contributed by atoms with van der Waals surface area (Å²) in [5.74, 6) is 0.120. The lowest BCUT2D eigenvalue weighted by molar-refractivity contribution is -0.0578. The fraction of sp³-hybridized carbons (Fsp3) is 0.800. The highest BCUT2D eigenvalue weighted by Crippen LogP contribution is 2.41. The summed E-state index contributed by atoms with van der Waals surface area (Å²) in [6, 6.07) is 0.129. The van der Waals surface area contributed by atoms with Crippen LogP contribution in [0.4, 0.5) is 0 Å². The number of H-pyrrole nitrogens is 1. The van der Waals surface area contributed by atoms with Gasteiger partial charge in [-0.1, -0.05) is 12.8 Å². The molecule has 1 saturated heterocycles. The van der Waals surface area contributed by atoms with E-state index in [0.717, 1.165) is 45.1 Å². The molecule has 6 heteroatoms. The van der Waals surface area contributed by atoms with Gasteiger partial charge in [0.25, 0.3) is 5.91 Å². The molecular formula is C15H24N4O2. The number of carbonyl (C=O) groups is 1. The van der Waals surface area contributed by atoms with E-state index in [0.29, 0.717) is 11.4 Å². The summed E-state index contributed by atoms with van der Waals surface area (Å²) in [6.45, 7) is 4.47. The molecule has 2 fully saturated rings. The minimum Gasteiger partial charge on any atom is -0.390 e. The van der Waals surface area contributed by atoms with Crippen LogP contribution in [-0.4, -0.2) is 49.5 Å². The van der Waals surface area contributed by atoms with Crippen LogP contribution in [0.3, 0.4) is 0 Å². The Bertz CT molecular complexity index is 525. The first-order chi connectivity index (χ1) is 10.0. The van der Waals surface area contributed by atoms with Gasteiger partial charge in [0, 0.05) is 18.5 Å². The quantitative estimate of drug-likeness (QED) is 0.868. The lowest BCUT2D eigenvalue weighted by Gasteiger charge is -2.43. The molecule has 2 N–H and O–H groups in total. The summed E-state index contributed by atoms with van der Waals surface area (Å²) in [6.07, 6.45) is 6.02. The predicted molar refractivity (Wildman–Crippen MR) is 77.8 cm³/mol. The molecule has 0 spiro atoms. The third kappa shape index (κ3) is 2.57. The van der Waals surface area contributed by atoms with E-state index in [2.05, 4.69) is 15.4 Å². The van der Waals surface area contributed by atoms with Crippen LogP contribution in [0.15, 0.2) is 0 Å². The van der Waals surface area contributed by atoms with Gasteiger partial charge in [0.1, 0.15) is 0 Å². The Morgan fingerprint density at radius 3 is 2.81 bits per heavy atom. The van der Waals surface area contributed by atoms with Crippen LogP contribution in [-0.2, 0) is 0 Å². The van der Waals surface area contributed by atoms with Crippen molar-refractivity contribution >= 4 is 5.91 Å². The average molecular weight is 292 g/mol. The Morgan fingerprint density at radius 1 is 1.33 bits per heavy atom. The van der Waals surface area contributed by atoms with Crippen molar-refractivity contribution in [2.45, 2.75) is 64.0 Å². The molecule has 1 aromatic heterocycles. The smallest absolute Gasteiger partial charge is 0.276 e. The van der Waals surface area contributed by atoms with Gasteiger partial charge in [-0.15, -0.1) is 0 Å². The first-order valence-electron chi connectivity index (χ1n) is 7.91. The second-order valence-corrected chi connectivity index (χ2v) is 6.68. The highest BCUT2D eigenvalue weighted by atomic mass is 16.3. The maximum Gasteiger partial charge on any atom is 0.276 e. The van der Waals surface area contributed by atoms with Crippen molar-refractivity contribution in [1.82, 2.24) is 20.3 Å². The SMILES string of the molecule is Cc1n[nH]nc1C(=O)N1CCC[C@@H]1[C@@H]1CCCC[C@@]1(C)O. The van der Waals surface area contributed by atoms with Crippen LogP contribution in [0.2, 0.25) is 0 Å². The highest BCUT2D eigenvalue weighted by Gasteiger charge is 2.45. The van der Waals surface area contributed by atoms with Gasteiger partial charge in [-0.2, -0.15) is 15.4 Å². The second kappa shape index (κ2) is 5.40. The first kappa shape index (κ1) is 14.5. The number of aliphatic hydroxyl groups is 1. The topological polar surface area (TPSA) is 82.1 Å². The minimum absolute atomic E-state index is 0.0508. The number of aryl methyl sites for hydroxylation is 1. The Labute approximate surface area is 124 Å². The Kier molecular flexibility index (Phi) is 3.73. The maximum atomic E-state index is 12.7. The van der Waals surface area contributed by atoms with Gasteiger partial charge >= 0.3 is 0 Å². The summed E-state index contributed by atoms with van der Waals surface area (Å²) in [5.41, 5.74) is 0.392. The van der Waals surface area contributed by atoms with E-state index >= 15 is 0 Å². The third-order valence-corrected chi connectivity index (χ3v) is 5.20. The zero-order valence-corrected chi connectivity index (χ0v) is 12.8. The van der Waals surface area contributed by atoms with Gasteiger partial charge in [0.15, 0.2) is 5.69 Å². The van der Waals surface area contributed by atoms with Crippen LogP contribution < -0.4 is 0 Å². The summed E-state index contributed by atoms with van der Waals surface area (Å²) in [5, 5.41) is 21.2. The Balaban J connectivity index is 1.82. The summed E-state index contributed by atoms with van der Waals surface area (Å²) in [7, 11) is 0. The number of aromatic amines is 1. The fourth-order valence-corrected chi connectivity index (χ4v) is 4.04. The molecule has 1 aliphatic heterocycles. The standard InChI is InChI=1S/C15H24N4O2/c1-10-13(17-18-16-10)14(20)19-9-5-7-12(19)11-6-3-4-8-15(11,2)21/h11-12,21H,3-9H2,1-2H3,(H,16,17,18)/t11-,12+,15+/m0/s1. The normalized spacial score (nSPS) is 33.4. The number of carbonyl (C=O) groups excluding carboxylic acids is 1. The maximum absolute atomic E-state index is 12.7. The van der Waals surface area contributed by atoms with E-state index in [1.54, 1.807) is 6.92 Å². The molecule has 3 atom stereocenters. The van der Waals surface area contributed by atoms with E-state index in [1.165, 1.54) is 0 Å². The van der Waals surface area contributed by atoms with Crippen LogP contribution in [0.25, 0.3) is 0 Å². The highest BCUT2D eigenvalue weighted by molar-refractivity contribution is 5.93. The third-order valence-electron chi connectivity index (χ3n) is 5.20. The van der Waals surface area contributed by atoms with E-state index in [9.17, 15) is 9.90 Å². The lowest BCUT2D eigenvalue weighted by atomic mass is 9.72. The molecule has 0 bridgehead atoms. The largest absolute Gasteiger partial charge is 0.390 e. The van der Waals surface area contributed by atoms with E-state index in [4.69, 9.17) is 0 Å². The Hall–Kier alpha value is -1.43. The number of nitrogens with one attached hydrogen (secondary N) is 1. The van der Waals surface area contributed by atoms with Crippen molar-refractivity contribution in [3.8, 4) is 0 Å². The molecule has 0 unspecified atom stereocenters. The van der Waals surface area contributed by atoms with E-state index < -0.39 is 5.60 Å². The number of likely N-dealkylation sites (tertiary alicyclic amines) is 1. The van der Waals surface area contributed by atoms with Crippen LogP contribution >= 0.6 is 0 Å². The molecule has 1 saturated carbocycles. The number of nitrogens with zero attached hydrogens (tertiary/aromatic N) is 3. The predicted octanol–water partition coefficient (Wildman–Crippen LogP) is 1.66. The van der Waals surface area contributed by atoms with Crippen molar-refractivity contribution in [2.24, 2.45) is 5.92 Å². The zero-order valence-electron chi connectivity index (χ0n) is 12.8. The molecule has 2 aliphatic rings. The number of amides is 1. The van der Waals surface area contributed by atoms with Crippen molar-refractivity contribution in [3.05, 3.63) is 11.4 Å². The second-order valence-electron chi connectivity index (χ2n) is 6.68. The fourth-order valence-electron chi connectivity index (χ4n) is 4.04. The molecular weight excluding hydrogens is 268 g/mol.